The van der Waals surface area contributed by atoms with Crippen LogP contribution in [0.1, 0.15) is 28.4 Å². The molecular weight excluding hydrogens is 353 g/mol. The van der Waals surface area contributed by atoms with Crippen LogP contribution < -0.4 is 15.8 Å². The summed E-state index contributed by atoms with van der Waals surface area (Å²) in [5, 5.41) is 5.64. The molecule has 134 valence electrons. The van der Waals surface area contributed by atoms with Crippen molar-refractivity contribution < 1.29 is 13.9 Å². The van der Waals surface area contributed by atoms with Crippen molar-refractivity contribution in [3.63, 3.8) is 0 Å². The van der Waals surface area contributed by atoms with Crippen LogP contribution in [0.3, 0.4) is 0 Å². The molecule has 26 heavy (non-hydrogen) atoms. The third-order valence-electron chi connectivity index (χ3n) is 3.81. The van der Waals surface area contributed by atoms with Crippen LogP contribution in [0.15, 0.2) is 47.8 Å². The Bertz CT molecular complexity index is 909. The summed E-state index contributed by atoms with van der Waals surface area (Å²) in [6, 6.07) is 11.9. The SMILES string of the molecule is CCc1ccsc1Oc1ccc(CNC(=O)c2ccc(F)nc2N)cc1. The Labute approximate surface area is 154 Å². The van der Waals surface area contributed by atoms with Crippen molar-refractivity contribution >= 4 is 23.1 Å². The summed E-state index contributed by atoms with van der Waals surface area (Å²) >= 11 is 1.56. The van der Waals surface area contributed by atoms with Crippen molar-refractivity contribution in [2.75, 3.05) is 5.73 Å². The van der Waals surface area contributed by atoms with Gasteiger partial charge >= 0.3 is 0 Å². The van der Waals surface area contributed by atoms with E-state index in [1.165, 1.54) is 11.6 Å². The number of pyridine rings is 1. The molecular formula is C19H18FN3O2S. The van der Waals surface area contributed by atoms with Crippen LogP contribution in [0.5, 0.6) is 10.8 Å². The van der Waals surface area contributed by atoms with Gasteiger partial charge in [-0.25, -0.2) is 4.98 Å². The molecule has 3 aromatic rings. The fourth-order valence-corrected chi connectivity index (χ4v) is 3.24. The number of amides is 1. The average Bonchev–Trinajstić information content (AvgIpc) is 3.08. The van der Waals surface area contributed by atoms with Crippen molar-refractivity contribution in [2.45, 2.75) is 19.9 Å². The number of thiophene rings is 1. The van der Waals surface area contributed by atoms with Gasteiger partial charge in [0.1, 0.15) is 11.6 Å². The molecule has 2 heterocycles. The van der Waals surface area contributed by atoms with Gasteiger partial charge in [0.15, 0.2) is 5.06 Å². The number of halogens is 1. The fourth-order valence-electron chi connectivity index (χ4n) is 2.38. The first-order valence-electron chi connectivity index (χ1n) is 8.10. The van der Waals surface area contributed by atoms with E-state index in [1.54, 1.807) is 11.3 Å². The molecule has 0 spiro atoms. The summed E-state index contributed by atoms with van der Waals surface area (Å²) < 4.78 is 18.8. The molecule has 0 atom stereocenters. The Kier molecular flexibility index (Phi) is 5.48. The van der Waals surface area contributed by atoms with Gasteiger partial charge in [0.2, 0.25) is 5.95 Å². The van der Waals surface area contributed by atoms with E-state index in [4.69, 9.17) is 10.5 Å². The van der Waals surface area contributed by atoms with Gasteiger partial charge < -0.3 is 15.8 Å². The van der Waals surface area contributed by atoms with Crippen molar-refractivity contribution in [2.24, 2.45) is 0 Å². The average molecular weight is 371 g/mol. The molecule has 5 nitrogen and oxygen atoms in total. The zero-order valence-electron chi connectivity index (χ0n) is 14.2. The van der Waals surface area contributed by atoms with E-state index in [0.29, 0.717) is 6.54 Å². The standard InChI is InChI=1S/C19H18FN3O2S/c1-2-13-9-10-26-19(13)25-14-5-3-12(4-6-14)11-22-18(24)15-7-8-16(20)23-17(15)21/h3-10H,2,11H2,1H3,(H2,21,23)(H,22,24). The molecule has 0 aliphatic carbocycles. The second-order valence-electron chi connectivity index (χ2n) is 5.58. The van der Waals surface area contributed by atoms with E-state index in [-0.39, 0.29) is 11.4 Å². The maximum atomic E-state index is 12.9. The molecule has 7 heteroatoms. The minimum Gasteiger partial charge on any atom is -0.446 e. The maximum absolute atomic E-state index is 12.9. The van der Waals surface area contributed by atoms with Crippen molar-refractivity contribution in [1.29, 1.82) is 0 Å². The topological polar surface area (TPSA) is 77.2 Å². The molecule has 0 fully saturated rings. The number of benzene rings is 1. The number of carbonyl (C=O) groups excluding carboxylic acids is 1. The first kappa shape index (κ1) is 17.9. The lowest BCUT2D eigenvalue weighted by Crippen LogP contribution is -2.24. The predicted molar refractivity (Wildman–Crippen MR) is 100.0 cm³/mol. The first-order chi connectivity index (χ1) is 12.6. The number of hydrogen-bond donors (Lipinski definition) is 2. The van der Waals surface area contributed by atoms with Gasteiger partial charge in [0, 0.05) is 12.1 Å². The quantitative estimate of drug-likeness (QED) is 0.638. The van der Waals surface area contributed by atoms with Crippen LogP contribution in [0.25, 0.3) is 0 Å². The van der Waals surface area contributed by atoms with Gasteiger partial charge in [-0.15, -0.1) is 11.3 Å². The Morgan fingerprint density at radius 2 is 2.00 bits per heavy atom. The van der Waals surface area contributed by atoms with E-state index in [2.05, 4.69) is 23.3 Å². The summed E-state index contributed by atoms with van der Waals surface area (Å²) in [5.41, 5.74) is 7.80. The van der Waals surface area contributed by atoms with Crippen molar-refractivity contribution in [3.05, 3.63) is 70.5 Å². The lowest BCUT2D eigenvalue weighted by Gasteiger charge is -2.09. The molecule has 0 aliphatic rings. The number of hydrogen-bond acceptors (Lipinski definition) is 5. The molecule has 1 aromatic carbocycles. The molecule has 0 saturated carbocycles. The normalized spacial score (nSPS) is 10.5. The Morgan fingerprint density at radius 1 is 1.23 bits per heavy atom. The van der Waals surface area contributed by atoms with Gasteiger partial charge in [0.25, 0.3) is 5.91 Å². The lowest BCUT2D eigenvalue weighted by molar-refractivity contribution is 0.0951. The number of nitrogens with two attached hydrogens (primary N) is 1. The molecule has 0 saturated heterocycles. The second-order valence-corrected chi connectivity index (χ2v) is 6.46. The Hall–Kier alpha value is -2.93. The monoisotopic (exact) mass is 371 g/mol. The molecule has 1 amide bonds. The number of anilines is 1. The van der Waals surface area contributed by atoms with Crippen molar-refractivity contribution in [1.82, 2.24) is 10.3 Å². The number of aromatic nitrogens is 1. The molecule has 2 aromatic heterocycles. The predicted octanol–water partition coefficient (Wildman–Crippen LogP) is 4.15. The van der Waals surface area contributed by atoms with Crippen LogP contribution in [-0.2, 0) is 13.0 Å². The minimum atomic E-state index is -0.716. The third-order valence-corrected chi connectivity index (χ3v) is 4.64. The van der Waals surface area contributed by atoms with Gasteiger partial charge in [-0.3, -0.25) is 4.79 Å². The van der Waals surface area contributed by atoms with E-state index >= 15 is 0 Å². The van der Waals surface area contributed by atoms with E-state index < -0.39 is 11.9 Å². The lowest BCUT2D eigenvalue weighted by atomic mass is 10.2. The summed E-state index contributed by atoms with van der Waals surface area (Å²) in [6.45, 7) is 2.40. The van der Waals surface area contributed by atoms with Gasteiger partial charge in [-0.2, -0.15) is 4.39 Å². The van der Waals surface area contributed by atoms with E-state index in [1.807, 2.05) is 29.6 Å². The highest BCUT2D eigenvalue weighted by atomic mass is 32.1. The fraction of sp³-hybridized carbons (Fsp3) is 0.158. The molecule has 3 N–H and O–H groups in total. The highest BCUT2D eigenvalue weighted by molar-refractivity contribution is 7.12. The molecule has 3 rings (SSSR count). The zero-order valence-corrected chi connectivity index (χ0v) is 15.0. The molecule has 0 bridgehead atoms. The maximum Gasteiger partial charge on any atom is 0.255 e. The van der Waals surface area contributed by atoms with Crippen LogP contribution >= 0.6 is 11.3 Å². The van der Waals surface area contributed by atoms with Gasteiger partial charge in [-0.05, 0) is 47.7 Å². The summed E-state index contributed by atoms with van der Waals surface area (Å²) in [4.78, 5) is 15.6. The zero-order chi connectivity index (χ0) is 18.5. The van der Waals surface area contributed by atoms with Crippen molar-refractivity contribution in [3.8, 4) is 10.8 Å². The van der Waals surface area contributed by atoms with E-state index in [0.717, 1.165) is 28.9 Å². The Morgan fingerprint density at radius 3 is 2.69 bits per heavy atom. The Balaban J connectivity index is 1.60. The highest BCUT2D eigenvalue weighted by Gasteiger charge is 2.11. The summed E-state index contributed by atoms with van der Waals surface area (Å²) in [5.74, 6) is -0.508. The number of carbonyl (C=O) groups is 1. The first-order valence-corrected chi connectivity index (χ1v) is 8.98. The third kappa shape index (κ3) is 4.18. The van der Waals surface area contributed by atoms with E-state index in [9.17, 15) is 9.18 Å². The van der Waals surface area contributed by atoms with Crippen LogP contribution in [0, 0.1) is 5.95 Å². The highest BCUT2D eigenvalue weighted by Crippen LogP contribution is 2.31. The number of nitrogens with zero attached hydrogens (tertiary/aromatic N) is 1. The van der Waals surface area contributed by atoms with Gasteiger partial charge in [-0.1, -0.05) is 19.1 Å². The number of nitrogen functional groups attached to an aromatic ring is 1. The number of nitrogens with one attached hydrogen (secondary N) is 1. The number of ether oxygens (including phenoxy) is 1. The van der Waals surface area contributed by atoms with Crippen LogP contribution in [0.4, 0.5) is 10.2 Å². The van der Waals surface area contributed by atoms with Crippen LogP contribution in [-0.4, -0.2) is 10.9 Å². The molecule has 0 aliphatic heterocycles. The minimum absolute atomic E-state index is 0.131. The molecule has 0 radical (unpaired) electrons. The van der Waals surface area contributed by atoms with Gasteiger partial charge in [0.05, 0.1) is 5.56 Å². The second kappa shape index (κ2) is 7.97. The summed E-state index contributed by atoms with van der Waals surface area (Å²) in [6.07, 6.45) is 0.921. The van der Waals surface area contributed by atoms with Crippen LogP contribution in [0.2, 0.25) is 0 Å². The largest absolute Gasteiger partial charge is 0.446 e. The smallest absolute Gasteiger partial charge is 0.255 e. The number of rotatable bonds is 6. The summed E-state index contributed by atoms with van der Waals surface area (Å²) in [7, 11) is 0. The molecule has 0 unspecified atom stereocenters. The number of aryl methyl sites for hydroxylation is 1.